The van der Waals surface area contributed by atoms with Crippen LogP contribution in [0.5, 0.6) is 11.5 Å². The number of benzene rings is 2. The highest BCUT2D eigenvalue weighted by atomic mass is 16.5. The molecule has 2 aromatic carbocycles. The first-order valence-electron chi connectivity index (χ1n) is 8.16. The van der Waals surface area contributed by atoms with Crippen LogP contribution in [0.4, 0.5) is 0 Å². The maximum absolute atomic E-state index is 10.6. The zero-order valence-electron chi connectivity index (χ0n) is 14.3. The summed E-state index contributed by atoms with van der Waals surface area (Å²) in [5.74, 6) is 1.32. The molecule has 0 aromatic heterocycles. The molecule has 0 amide bonds. The van der Waals surface area contributed by atoms with Crippen molar-refractivity contribution in [2.24, 2.45) is 0 Å². The Labute approximate surface area is 138 Å². The Morgan fingerprint density at radius 1 is 1.04 bits per heavy atom. The van der Waals surface area contributed by atoms with Crippen LogP contribution in [0.15, 0.2) is 30.3 Å². The maximum atomic E-state index is 10.6. The van der Waals surface area contributed by atoms with Crippen LogP contribution >= 0.6 is 0 Å². The van der Waals surface area contributed by atoms with Crippen molar-refractivity contribution in [1.29, 1.82) is 0 Å². The normalized spacial score (nSPS) is 16.2. The summed E-state index contributed by atoms with van der Waals surface area (Å²) < 4.78 is 6.23. The van der Waals surface area contributed by atoms with Crippen molar-refractivity contribution >= 4 is 12.2 Å². The third kappa shape index (κ3) is 2.98. The Morgan fingerprint density at radius 2 is 1.74 bits per heavy atom. The van der Waals surface area contributed by atoms with Gasteiger partial charge in [0.25, 0.3) is 0 Å². The maximum Gasteiger partial charge on any atom is 0.127 e. The second kappa shape index (κ2) is 5.77. The zero-order valence-corrected chi connectivity index (χ0v) is 14.3. The lowest BCUT2D eigenvalue weighted by molar-refractivity contribution is 0.0833. The predicted octanol–water partition coefficient (Wildman–Crippen LogP) is 5.28. The molecule has 0 aliphatic carbocycles. The standard InChI is InChI=1S/C21H24O2/c1-14-15(2)20-18(12-13-21(3,4)23-20)17(19(14)22)11-10-16-8-6-5-7-9-16/h5-11,22H,12-13H2,1-4H3/b11-10+. The molecule has 23 heavy (non-hydrogen) atoms. The minimum absolute atomic E-state index is 0.151. The summed E-state index contributed by atoms with van der Waals surface area (Å²) in [6, 6.07) is 10.1. The first kappa shape index (κ1) is 15.7. The smallest absolute Gasteiger partial charge is 0.127 e. The average molecular weight is 308 g/mol. The van der Waals surface area contributed by atoms with Crippen molar-refractivity contribution in [2.45, 2.75) is 46.1 Å². The van der Waals surface area contributed by atoms with Crippen molar-refractivity contribution in [1.82, 2.24) is 0 Å². The zero-order chi connectivity index (χ0) is 16.6. The molecular weight excluding hydrogens is 284 g/mol. The van der Waals surface area contributed by atoms with E-state index in [1.165, 1.54) is 0 Å². The van der Waals surface area contributed by atoms with E-state index in [0.717, 1.165) is 46.4 Å². The highest BCUT2D eigenvalue weighted by Crippen LogP contribution is 2.44. The average Bonchev–Trinajstić information content (AvgIpc) is 2.53. The molecule has 0 atom stereocenters. The Kier molecular flexibility index (Phi) is 3.93. The number of hydrogen-bond donors (Lipinski definition) is 1. The molecule has 0 saturated heterocycles. The third-order valence-corrected chi connectivity index (χ3v) is 4.71. The largest absolute Gasteiger partial charge is 0.507 e. The molecule has 1 aliphatic heterocycles. The second-order valence-electron chi connectivity index (χ2n) is 6.93. The van der Waals surface area contributed by atoms with Crippen LogP contribution in [0.1, 0.15) is 48.1 Å². The molecule has 120 valence electrons. The molecule has 1 N–H and O–H groups in total. The third-order valence-electron chi connectivity index (χ3n) is 4.71. The van der Waals surface area contributed by atoms with E-state index in [0.29, 0.717) is 5.75 Å². The first-order chi connectivity index (χ1) is 10.9. The Hall–Kier alpha value is -2.22. The number of phenolic OH excluding ortho intramolecular Hbond substituents is 1. The molecule has 1 aliphatic rings. The summed E-state index contributed by atoms with van der Waals surface area (Å²) in [5, 5.41) is 10.6. The monoisotopic (exact) mass is 308 g/mol. The number of phenols is 1. The second-order valence-corrected chi connectivity index (χ2v) is 6.93. The highest BCUT2D eigenvalue weighted by molar-refractivity contribution is 5.78. The van der Waals surface area contributed by atoms with Gasteiger partial charge in [0.1, 0.15) is 17.1 Å². The van der Waals surface area contributed by atoms with Gasteiger partial charge in [-0.25, -0.2) is 0 Å². The van der Waals surface area contributed by atoms with Gasteiger partial charge in [0.05, 0.1) is 0 Å². The Bertz CT molecular complexity index is 755. The summed E-state index contributed by atoms with van der Waals surface area (Å²) in [5.41, 5.74) is 4.92. The van der Waals surface area contributed by atoms with E-state index in [-0.39, 0.29) is 5.60 Å². The lowest BCUT2D eigenvalue weighted by atomic mass is 9.87. The fourth-order valence-corrected chi connectivity index (χ4v) is 3.10. The van der Waals surface area contributed by atoms with E-state index in [9.17, 15) is 5.11 Å². The van der Waals surface area contributed by atoms with Gasteiger partial charge < -0.3 is 9.84 Å². The summed E-state index contributed by atoms with van der Waals surface area (Å²) in [4.78, 5) is 0. The summed E-state index contributed by atoms with van der Waals surface area (Å²) in [6.07, 6.45) is 5.93. The molecule has 3 rings (SSSR count). The van der Waals surface area contributed by atoms with Crippen molar-refractivity contribution < 1.29 is 9.84 Å². The van der Waals surface area contributed by atoms with Gasteiger partial charge in [-0.2, -0.15) is 0 Å². The van der Waals surface area contributed by atoms with Crippen LogP contribution in [0.2, 0.25) is 0 Å². The minimum Gasteiger partial charge on any atom is -0.507 e. The van der Waals surface area contributed by atoms with E-state index >= 15 is 0 Å². The van der Waals surface area contributed by atoms with Gasteiger partial charge in [-0.1, -0.05) is 42.5 Å². The van der Waals surface area contributed by atoms with Gasteiger partial charge in [-0.15, -0.1) is 0 Å². The first-order valence-corrected chi connectivity index (χ1v) is 8.16. The van der Waals surface area contributed by atoms with Crippen molar-refractivity contribution in [3.8, 4) is 11.5 Å². The summed E-state index contributed by atoms with van der Waals surface area (Å²) >= 11 is 0. The van der Waals surface area contributed by atoms with E-state index in [2.05, 4.69) is 26.0 Å². The van der Waals surface area contributed by atoms with Gasteiger partial charge in [0.15, 0.2) is 0 Å². The molecule has 0 fully saturated rings. The van der Waals surface area contributed by atoms with Gasteiger partial charge in [-0.05, 0) is 57.2 Å². The lowest BCUT2D eigenvalue weighted by Crippen LogP contribution is -2.33. The van der Waals surface area contributed by atoms with Gasteiger partial charge in [-0.3, -0.25) is 0 Å². The summed E-state index contributed by atoms with van der Waals surface area (Å²) in [7, 11) is 0. The number of ether oxygens (including phenoxy) is 1. The fraction of sp³-hybridized carbons (Fsp3) is 0.333. The molecule has 1 heterocycles. The molecule has 2 nitrogen and oxygen atoms in total. The predicted molar refractivity (Wildman–Crippen MR) is 96.0 cm³/mol. The van der Waals surface area contributed by atoms with Gasteiger partial charge in [0, 0.05) is 11.1 Å². The van der Waals surface area contributed by atoms with Crippen LogP contribution in [-0.4, -0.2) is 10.7 Å². The number of hydrogen-bond acceptors (Lipinski definition) is 2. The molecular formula is C21H24O2. The Balaban J connectivity index is 2.11. The molecule has 0 spiro atoms. The van der Waals surface area contributed by atoms with Crippen LogP contribution in [0, 0.1) is 13.8 Å². The molecule has 2 aromatic rings. The number of aromatic hydroxyl groups is 1. The van der Waals surface area contributed by atoms with Gasteiger partial charge >= 0.3 is 0 Å². The highest BCUT2D eigenvalue weighted by Gasteiger charge is 2.31. The molecule has 0 bridgehead atoms. The van der Waals surface area contributed by atoms with E-state index in [1.54, 1.807) is 0 Å². The number of fused-ring (bicyclic) bond motifs is 1. The van der Waals surface area contributed by atoms with E-state index in [1.807, 2.05) is 44.2 Å². The van der Waals surface area contributed by atoms with Crippen LogP contribution in [0.25, 0.3) is 12.2 Å². The summed E-state index contributed by atoms with van der Waals surface area (Å²) in [6.45, 7) is 8.23. The lowest BCUT2D eigenvalue weighted by Gasteiger charge is -2.35. The number of rotatable bonds is 2. The van der Waals surface area contributed by atoms with Crippen molar-refractivity contribution in [3.05, 3.63) is 58.1 Å². The van der Waals surface area contributed by atoms with Gasteiger partial charge in [0.2, 0.25) is 0 Å². The van der Waals surface area contributed by atoms with Crippen molar-refractivity contribution in [3.63, 3.8) is 0 Å². The van der Waals surface area contributed by atoms with Crippen LogP contribution in [-0.2, 0) is 6.42 Å². The quantitative estimate of drug-likeness (QED) is 0.764. The molecule has 0 radical (unpaired) electrons. The van der Waals surface area contributed by atoms with E-state index in [4.69, 9.17) is 4.74 Å². The van der Waals surface area contributed by atoms with Crippen LogP contribution in [0.3, 0.4) is 0 Å². The topological polar surface area (TPSA) is 29.5 Å². The molecule has 0 saturated carbocycles. The fourth-order valence-electron chi connectivity index (χ4n) is 3.10. The van der Waals surface area contributed by atoms with Crippen molar-refractivity contribution in [2.75, 3.05) is 0 Å². The molecule has 2 heteroatoms. The van der Waals surface area contributed by atoms with Crippen LogP contribution < -0.4 is 4.74 Å². The Morgan fingerprint density at radius 3 is 2.43 bits per heavy atom. The van der Waals surface area contributed by atoms with E-state index < -0.39 is 0 Å². The minimum atomic E-state index is -0.151. The molecule has 0 unspecified atom stereocenters. The SMILES string of the molecule is Cc1c(C)c2c(c(/C=C/c3ccccc3)c1O)CCC(C)(C)O2.